The fourth-order valence-corrected chi connectivity index (χ4v) is 0.798. The van der Waals surface area contributed by atoms with Crippen LogP contribution in [0.5, 0.6) is 0 Å². The van der Waals surface area contributed by atoms with Gasteiger partial charge < -0.3 is 9.84 Å². The largest absolute Gasteiger partial charge is 0.364 e. The first-order chi connectivity index (χ1) is 5.84. The van der Waals surface area contributed by atoms with Crippen LogP contribution in [0.2, 0.25) is 0 Å². The minimum Gasteiger partial charge on any atom is -0.364 e. The van der Waals surface area contributed by atoms with Crippen LogP contribution in [0.1, 0.15) is 30.1 Å². The molecule has 0 unspecified atom stereocenters. The Hall–Kier alpha value is -1.32. The van der Waals surface area contributed by atoms with Crippen molar-refractivity contribution in [3.8, 4) is 0 Å². The van der Waals surface area contributed by atoms with Gasteiger partial charge in [-0.15, -0.1) is 0 Å². The van der Waals surface area contributed by atoms with Crippen LogP contribution in [-0.4, -0.2) is 17.6 Å². The molecule has 0 spiro atoms. The predicted molar refractivity (Wildman–Crippen MR) is 43.7 cm³/mol. The lowest BCUT2D eigenvalue weighted by atomic mass is 10.3. The van der Waals surface area contributed by atoms with Crippen LogP contribution in [0.25, 0.3) is 0 Å². The standard InChI is InChI=1S/C8H12N2O2/c1-2-3-4-9-8(11)7-5-10-12-6-7/h5-6H,2-4H2,1H3,(H,9,11). The van der Waals surface area contributed by atoms with E-state index in [-0.39, 0.29) is 5.91 Å². The first-order valence-corrected chi connectivity index (χ1v) is 4.02. The zero-order chi connectivity index (χ0) is 8.81. The highest BCUT2D eigenvalue weighted by Crippen LogP contribution is 1.95. The maximum atomic E-state index is 11.2. The minimum absolute atomic E-state index is 0.121. The van der Waals surface area contributed by atoms with Crippen molar-refractivity contribution in [1.82, 2.24) is 10.5 Å². The molecule has 0 fully saturated rings. The number of rotatable bonds is 4. The lowest BCUT2D eigenvalue weighted by Gasteiger charge is -1.99. The molecule has 4 heteroatoms. The first kappa shape index (κ1) is 8.77. The number of carbonyl (C=O) groups excluding carboxylic acids is 1. The molecule has 12 heavy (non-hydrogen) atoms. The van der Waals surface area contributed by atoms with Crippen molar-refractivity contribution < 1.29 is 9.32 Å². The van der Waals surface area contributed by atoms with E-state index in [9.17, 15) is 4.79 Å². The molecule has 0 saturated heterocycles. The lowest BCUT2D eigenvalue weighted by Crippen LogP contribution is -2.23. The van der Waals surface area contributed by atoms with Crippen LogP contribution in [0.4, 0.5) is 0 Å². The number of unbranched alkanes of at least 4 members (excludes halogenated alkanes) is 1. The van der Waals surface area contributed by atoms with Gasteiger partial charge in [0.1, 0.15) is 6.26 Å². The Morgan fingerprint density at radius 2 is 2.58 bits per heavy atom. The van der Waals surface area contributed by atoms with Crippen LogP contribution >= 0.6 is 0 Å². The summed E-state index contributed by atoms with van der Waals surface area (Å²) in [5.74, 6) is -0.121. The van der Waals surface area contributed by atoms with Crippen molar-refractivity contribution in [2.24, 2.45) is 0 Å². The molecular formula is C8H12N2O2. The summed E-state index contributed by atoms with van der Waals surface area (Å²) < 4.78 is 4.53. The van der Waals surface area contributed by atoms with Crippen molar-refractivity contribution in [2.45, 2.75) is 19.8 Å². The zero-order valence-electron chi connectivity index (χ0n) is 7.04. The second-order valence-electron chi connectivity index (χ2n) is 2.52. The SMILES string of the molecule is CCCCNC(=O)c1cnoc1. The molecular weight excluding hydrogens is 156 g/mol. The van der Waals surface area contributed by atoms with Gasteiger partial charge in [0, 0.05) is 6.54 Å². The quantitative estimate of drug-likeness (QED) is 0.687. The smallest absolute Gasteiger partial charge is 0.256 e. The molecule has 0 radical (unpaired) electrons. The summed E-state index contributed by atoms with van der Waals surface area (Å²) in [5, 5.41) is 6.18. The van der Waals surface area contributed by atoms with Gasteiger partial charge in [0.25, 0.3) is 5.91 Å². The van der Waals surface area contributed by atoms with E-state index in [1.165, 1.54) is 12.5 Å². The van der Waals surface area contributed by atoms with Crippen LogP contribution in [-0.2, 0) is 0 Å². The first-order valence-electron chi connectivity index (χ1n) is 4.02. The molecule has 0 bridgehead atoms. The molecule has 0 aromatic carbocycles. The Kier molecular flexibility index (Phi) is 3.32. The summed E-state index contributed by atoms with van der Waals surface area (Å²) in [4.78, 5) is 11.2. The molecule has 0 aliphatic rings. The second-order valence-corrected chi connectivity index (χ2v) is 2.52. The van der Waals surface area contributed by atoms with E-state index in [2.05, 4.69) is 21.9 Å². The number of carbonyl (C=O) groups is 1. The summed E-state index contributed by atoms with van der Waals surface area (Å²) in [6.07, 6.45) is 4.81. The monoisotopic (exact) mass is 168 g/mol. The molecule has 0 aliphatic heterocycles. The topological polar surface area (TPSA) is 55.1 Å². The van der Waals surface area contributed by atoms with Crippen LogP contribution in [0.3, 0.4) is 0 Å². The van der Waals surface area contributed by atoms with Gasteiger partial charge in [-0.2, -0.15) is 0 Å². The highest BCUT2D eigenvalue weighted by molar-refractivity contribution is 5.93. The Morgan fingerprint density at radius 1 is 1.75 bits per heavy atom. The number of hydrogen-bond donors (Lipinski definition) is 1. The van der Waals surface area contributed by atoms with Gasteiger partial charge in [0.05, 0.1) is 11.8 Å². The van der Waals surface area contributed by atoms with Crippen molar-refractivity contribution in [1.29, 1.82) is 0 Å². The van der Waals surface area contributed by atoms with E-state index in [0.29, 0.717) is 12.1 Å². The average Bonchev–Trinajstić information content (AvgIpc) is 2.56. The van der Waals surface area contributed by atoms with E-state index in [4.69, 9.17) is 0 Å². The zero-order valence-corrected chi connectivity index (χ0v) is 7.04. The number of nitrogens with one attached hydrogen (secondary N) is 1. The number of amides is 1. The second kappa shape index (κ2) is 4.54. The Balaban J connectivity index is 2.30. The van der Waals surface area contributed by atoms with E-state index < -0.39 is 0 Å². The van der Waals surface area contributed by atoms with Crippen molar-refractivity contribution >= 4 is 5.91 Å². The molecule has 1 aromatic heterocycles. The van der Waals surface area contributed by atoms with Gasteiger partial charge in [-0.25, -0.2) is 0 Å². The Bertz CT molecular complexity index is 231. The third-order valence-electron chi connectivity index (χ3n) is 1.51. The van der Waals surface area contributed by atoms with Crippen LogP contribution in [0, 0.1) is 0 Å². The molecule has 1 N–H and O–H groups in total. The molecule has 1 rings (SSSR count). The van der Waals surface area contributed by atoms with E-state index in [1.54, 1.807) is 0 Å². The summed E-state index contributed by atoms with van der Waals surface area (Å²) in [6, 6.07) is 0. The summed E-state index contributed by atoms with van der Waals surface area (Å²) in [6.45, 7) is 2.78. The normalized spacial score (nSPS) is 9.75. The summed E-state index contributed by atoms with van der Waals surface area (Å²) in [7, 11) is 0. The Morgan fingerprint density at radius 3 is 3.17 bits per heavy atom. The van der Waals surface area contributed by atoms with Gasteiger partial charge in [-0.1, -0.05) is 18.5 Å². The number of aromatic nitrogens is 1. The predicted octanol–water partition coefficient (Wildman–Crippen LogP) is 1.20. The fraction of sp³-hybridized carbons (Fsp3) is 0.500. The molecule has 66 valence electrons. The molecule has 0 saturated carbocycles. The molecule has 1 heterocycles. The van der Waals surface area contributed by atoms with Gasteiger partial charge in [0.15, 0.2) is 0 Å². The van der Waals surface area contributed by atoms with Gasteiger partial charge in [0.2, 0.25) is 0 Å². The highest BCUT2D eigenvalue weighted by atomic mass is 16.5. The Labute approximate surface area is 70.9 Å². The molecule has 0 atom stereocenters. The van der Waals surface area contributed by atoms with Crippen LogP contribution < -0.4 is 5.32 Å². The van der Waals surface area contributed by atoms with Gasteiger partial charge >= 0.3 is 0 Å². The molecule has 1 amide bonds. The molecule has 1 aromatic rings. The third kappa shape index (κ3) is 2.38. The van der Waals surface area contributed by atoms with E-state index in [0.717, 1.165) is 12.8 Å². The fourth-order valence-electron chi connectivity index (χ4n) is 0.798. The third-order valence-corrected chi connectivity index (χ3v) is 1.51. The molecule has 4 nitrogen and oxygen atoms in total. The lowest BCUT2D eigenvalue weighted by molar-refractivity contribution is 0.0952. The van der Waals surface area contributed by atoms with E-state index in [1.807, 2.05) is 0 Å². The van der Waals surface area contributed by atoms with Crippen molar-refractivity contribution in [3.63, 3.8) is 0 Å². The van der Waals surface area contributed by atoms with Gasteiger partial charge in [-0.05, 0) is 6.42 Å². The molecule has 0 aliphatic carbocycles. The maximum Gasteiger partial charge on any atom is 0.256 e. The van der Waals surface area contributed by atoms with E-state index >= 15 is 0 Å². The number of nitrogens with zero attached hydrogens (tertiary/aromatic N) is 1. The number of hydrogen-bond acceptors (Lipinski definition) is 3. The summed E-state index contributed by atoms with van der Waals surface area (Å²) in [5.41, 5.74) is 0.478. The summed E-state index contributed by atoms with van der Waals surface area (Å²) >= 11 is 0. The van der Waals surface area contributed by atoms with Crippen molar-refractivity contribution in [2.75, 3.05) is 6.54 Å². The maximum absolute atomic E-state index is 11.2. The average molecular weight is 168 g/mol. The highest BCUT2D eigenvalue weighted by Gasteiger charge is 2.05. The van der Waals surface area contributed by atoms with Crippen molar-refractivity contribution in [3.05, 3.63) is 18.0 Å². The minimum atomic E-state index is -0.121. The van der Waals surface area contributed by atoms with Gasteiger partial charge in [-0.3, -0.25) is 4.79 Å². The van der Waals surface area contributed by atoms with Crippen LogP contribution in [0.15, 0.2) is 17.0 Å².